The van der Waals surface area contributed by atoms with Gasteiger partial charge in [-0.15, -0.1) is 0 Å². The van der Waals surface area contributed by atoms with Crippen molar-refractivity contribution >= 4 is 53.2 Å². The number of nitrogens with one attached hydrogen (secondary N) is 6. The number of carboxylic acids is 1. The van der Waals surface area contributed by atoms with Crippen LogP contribution in [-0.2, 0) is 36.8 Å². The van der Waals surface area contributed by atoms with Gasteiger partial charge in [-0.2, -0.15) is 0 Å². The molecule has 282 valence electrons. The summed E-state index contributed by atoms with van der Waals surface area (Å²) in [4.78, 5) is 86.9. The van der Waals surface area contributed by atoms with Crippen LogP contribution in [0.1, 0.15) is 34.6 Å². The molecule has 4 aromatic rings. The fourth-order valence-corrected chi connectivity index (χ4v) is 6.51. The molecule has 55 heavy (non-hydrogen) atoms. The van der Waals surface area contributed by atoms with E-state index in [0.717, 1.165) is 22.3 Å². The van der Waals surface area contributed by atoms with Crippen LogP contribution in [0.5, 0.6) is 0 Å². The second-order valence-corrected chi connectivity index (χ2v) is 12.9. The van der Waals surface area contributed by atoms with Crippen LogP contribution < -0.4 is 37.6 Å². The SMILES string of the molecule is [2H]NC(=O)Nc1ccc(C[C@H](NC(=O)[C@H](Cc2ccc(NC(=O)[C@@H]3CC(=O)NC(=O)N3)cc2)NC(=O)OCC2c3ccccc3-c3ccccc32)C(=O)O)cc1. The van der Waals surface area contributed by atoms with E-state index in [1.54, 1.807) is 30.0 Å². The van der Waals surface area contributed by atoms with E-state index < -0.39 is 60.0 Å². The number of imide groups is 1. The Kier molecular flexibility index (Phi) is 10.9. The smallest absolute Gasteiger partial charge is 0.407 e. The minimum Gasteiger partial charge on any atom is -0.480 e. The first-order valence-corrected chi connectivity index (χ1v) is 17.2. The summed E-state index contributed by atoms with van der Waals surface area (Å²) in [5, 5.41) is 24.6. The molecule has 3 atom stereocenters. The van der Waals surface area contributed by atoms with Gasteiger partial charge in [0.15, 0.2) is 1.41 Å². The van der Waals surface area contributed by atoms with Gasteiger partial charge in [0.05, 0.1) is 6.42 Å². The molecular weight excluding hydrogens is 710 g/mol. The lowest BCUT2D eigenvalue weighted by Crippen LogP contribution is -2.56. The predicted octanol–water partition coefficient (Wildman–Crippen LogP) is 2.98. The molecule has 1 saturated heterocycles. The highest BCUT2D eigenvalue weighted by Gasteiger charge is 2.32. The van der Waals surface area contributed by atoms with Gasteiger partial charge in [-0.3, -0.25) is 19.7 Å². The summed E-state index contributed by atoms with van der Waals surface area (Å²) in [7, 11) is 0. The van der Waals surface area contributed by atoms with Crippen LogP contribution in [0.3, 0.4) is 0 Å². The molecule has 1 aliphatic carbocycles. The number of carbonyl (C=O) groups excluding carboxylic acids is 6. The van der Waals surface area contributed by atoms with Crippen LogP contribution in [0, 0.1) is 0 Å². The van der Waals surface area contributed by atoms with E-state index in [1.807, 2.05) is 48.5 Å². The van der Waals surface area contributed by atoms with Crippen LogP contribution in [0.25, 0.3) is 11.1 Å². The quantitative estimate of drug-likeness (QED) is 0.100. The first kappa shape index (κ1) is 36.1. The molecule has 0 aromatic heterocycles. The van der Waals surface area contributed by atoms with Crippen molar-refractivity contribution in [2.45, 2.75) is 43.3 Å². The molecule has 0 bridgehead atoms. The molecule has 0 spiro atoms. The Morgan fingerprint density at radius 3 is 1.91 bits per heavy atom. The topological polar surface area (TPSA) is 247 Å². The Labute approximate surface area is 315 Å². The van der Waals surface area contributed by atoms with Crippen molar-refractivity contribution in [1.29, 1.82) is 0 Å². The number of ether oxygens (including phenoxy) is 1. The summed E-state index contributed by atoms with van der Waals surface area (Å²) in [5.41, 5.74) is 7.47. The summed E-state index contributed by atoms with van der Waals surface area (Å²) in [6.45, 7) is -0.0300. The van der Waals surface area contributed by atoms with Gasteiger partial charge in [-0.1, -0.05) is 72.8 Å². The van der Waals surface area contributed by atoms with Crippen molar-refractivity contribution in [3.8, 4) is 11.1 Å². The van der Waals surface area contributed by atoms with Crippen LogP contribution in [0.4, 0.5) is 25.8 Å². The van der Waals surface area contributed by atoms with E-state index in [-0.39, 0.29) is 31.8 Å². The molecule has 0 radical (unpaired) electrons. The molecule has 9 N–H and O–H groups in total. The monoisotopic (exact) mass is 748 g/mol. The van der Waals surface area contributed by atoms with Crippen molar-refractivity contribution in [3.63, 3.8) is 0 Å². The van der Waals surface area contributed by atoms with Crippen LogP contribution in [0.2, 0.25) is 1.41 Å². The van der Waals surface area contributed by atoms with Crippen LogP contribution in [0.15, 0.2) is 97.1 Å². The highest BCUT2D eigenvalue weighted by Crippen LogP contribution is 2.44. The Hall–Kier alpha value is -7.23. The van der Waals surface area contributed by atoms with Crippen LogP contribution >= 0.6 is 0 Å². The number of aliphatic carboxylic acids is 1. The van der Waals surface area contributed by atoms with Crippen molar-refractivity contribution in [1.82, 2.24) is 21.3 Å². The third kappa shape index (κ3) is 9.42. The summed E-state index contributed by atoms with van der Waals surface area (Å²) in [5.74, 6) is -3.59. The molecule has 0 unspecified atom stereocenters. The zero-order valence-corrected chi connectivity index (χ0v) is 29.1. The Bertz CT molecular complexity index is 2100. The molecule has 1 fully saturated rings. The summed E-state index contributed by atoms with van der Waals surface area (Å²) in [6.07, 6.45) is -1.38. The predicted molar refractivity (Wildman–Crippen MR) is 199 cm³/mol. The Balaban J connectivity index is 1.15. The summed E-state index contributed by atoms with van der Waals surface area (Å²) >= 11 is 0. The van der Waals surface area contributed by atoms with Gasteiger partial charge in [0.2, 0.25) is 17.7 Å². The Morgan fingerprint density at radius 2 is 1.35 bits per heavy atom. The van der Waals surface area contributed by atoms with E-state index in [4.69, 9.17) is 6.15 Å². The van der Waals surface area contributed by atoms with E-state index >= 15 is 0 Å². The number of carboxylic acid groups (broad SMARTS) is 1. The van der Waals surface area contributed by atoms with Gasteiger partial charge >= 0.3 is 24.1 Å². The third-order valence-electron chi connectivity index (χ3n) is 9.14. The lowest BCUT2D eigenvalue weighted by Gasteiger charge is -2.23. The molecule has 4 aromatic carbocycles. The number of nitrogens with two attached hydrogens (primary N) is 1. The normalized spacial score (nSPS) is 15.7. The number of benzene rings is 4. The molecule has 8 amide bonds. The fraction of sp³-hybridized carbons (Fsp3) is 0.205. The number of amides is 8. The number of hydrogen-bond donors (Lipinski definition) is 8. The average molecular weight is 749 g/mol. The van der Waals surface area contributed by atoms with Gasteiger partial charge in [0.25, 0.3) is 0 Å². The number of fused-ring (bicyclic) bond motifs is 3. The van der Waals surface area contributed by atoms with Crippen molar-refractivity contribution in [2.24, 2.45) is 5.73 Å². The highest BCUT2D eigenvalue weighted by molar-refractivity contribution is 6.05. The molecular formula is C39H37N7O9. The van der Waals surface area contributed by atoms with Crippen molar-refractivity contribution < 1.29 is 44.8 Å². The van der Waals surface area contributed by atoms with Gasteiger partial charge in [0, 0.05) is 30.1 Å². The highest BCUT2D eigenvalue weighted by atomic mass is 16.5. The number of anilines is 2. The van der Waals surface area contributed by atoms with Gasteiger partial charge in [0.1, 0.15) is 24.7 Å². The fourth-order valence-electron chi connectivity index (χ4n) is 6.51. The molecule has 1 heterocycles. The first-order chi connectivity index (χ1) is 27.0. The number of primary amides is 1. The van der Waals surface area contributed by atoms with E-state index in [9.17, 15) is 38.7 Å². The minimum absolute atomic E-state index is 0.0300. The molecule has 16 nitrogen and oxygen atoms in total. The number of urea groups is 2. The number of hydrogen-bond acceptors (Lipinski definition) is 8. The third-order valence-corrected chi connectivity index (χ3v) is 9.14. The number of alkyl carbamates (subject to hydrolysis) is 1. The zero-order chi connectivity index (χ0) is 39.8. The average Bonchev–Trinajstić information content (AvgIpc) is 3.50. The minimum atomic E-state index is -1.41. The summed E-state index contributed by atoms with van der Waals surface area (Å²) in [6, 6.07) is 22.7. The summed E-state index contributed by atoms with van der Waals surface area (Å²) < 4.78 is 12.6. The van der Waals surface area contributed by atoms with Crippen LogP contribution in [-0.4, -0.2) is 71.7 Å². The number of rotatable bonds is 13. The standard InChI is InChI=1S/C39H37N7O9/c40-37(52)42-24-15-11-22(12-16-24)18-32(36(50)51)43-35(49)30(17-21-9-13-23(14-10-21)41-34(48)31-19-33(47)46-38(53)44-31)45-39(54)55-20-29-27-7-3-1-5-25(27)26-6-2-4-8-28(26)29/h1-16,29-32H,17-20H2,(H,41,48)(H,43,49)(H,45,54)(H,50,51)(H3,40,42,52)(H2,44,46,47,53)/t30-,31-,32-/m0/s1/i/hD. The lowest BCUT2D eigenvalue weighted by molar-refractivity contribution is -0.142. The lowest BCUT2D eigenvalue weighted by atomic mass is 9.98. The first-order valence-electron chi connectivity index (χ1n) is 17.7. The number of carbonyl (C=O) groups is 7. The van der Waals surface area contributed by atoms with Gasteiger partial charge in [-0.25, -0.2) is 19.2 Å². The zero-order valence-electron chi connectivity index (χ0n) is 30.1. The Morgan fingerprint density at radius 1 is 0.782 bits per heavy atom. The van der Waals surface area contributed by atoms with Crippen molar-refractivity contribution in [3.05, 3.63) is 119 Å². The molecule has 1 aliphatic heterocycles. The van der Waals surface area contributed by atoms with E-state index in [2.05, 4.69) is 31.9 Å². The molecule has 16 heteroatoms. The van der Waals surface area contributed by atoms with Crippen molar-refractivity contribution in [2.75, 3.05) is 17.2 Å². The maximum absolute atomic E-state index is 13.8. The largest absolute Gasteiger partial charge is 0.480 e. The second kappa shape index (κ2) is 16.6. The second-order valence-electron chi connectivity index (χ2n) is 12.9. The maximum atomic E-state index is 13.8. The van der Waals surface area contributed by atoms with Gasteiger partial charge < -0.3 is 42.2 Å². The molecule has 0 saturated carbocycles. The molecule has 2 aliphatic rings. The van der Waals surface area contributed by atoms with Gasteiger partial charge in [-0.05, 0) is 57.6 Å². The van der Waals surface area contributed by atoms with E-state index in [1.165, 1.54) is 24.3 Å². The van der Waals surface area contributed by atoms with E-state index in [0.29, 0.717) is 22.5 Å². The molecule has 6 rings (SSSR count). The maximum Gasteiger partial charge on any atom is 0.407 e.